The van der Waals surface area contributed by atoms with Crippen molar-refractivity contribution in [2.24, 2.45) is 0 Å². The Morgan fingerprint density at radius 2 is 1.95 bits per heavy atom. The van der Waals surface area contributed by atoms with E-state index in [-0.39, 0.29) is 5.91 Å². The van der Waals surface area contributed by atoms with E-state index in [1.54, 1.807) is 18.0 Å². The van der Waals surface area contributed by atoms with Gasteiger partial charge in [-0.25, -0.2) is 0 Å². The quantitative estimate of drug-likeness (QED) is 0.428. The molecule has 116 valence electrons. The second-order valence-electron chi connectivity index (χ2n) is 4.38. The summed E-state index contributed by atoms with van der Waals surface area (Å²) >= 11 is 6.73. The number of para-hydroxylation sites is 1. The molecule has 1 aromatic carbocycles. The molecule has 0 bridgehead atoms. The number of carbonyl (C=O) groups excluding carboxylic acids is 1. The van der Waals surface area contributed by atoms with Gasteiger partial charge in [-0.15, -0.1) is 0 Å². The fourth-order valence-electron chi connectivity index (χ4n) is 1.61. The van der Waals surface area contributed by atoms with Gasteiger partial charge in [0.2, 0.25) is 5.91 Å². The first-order valence-electron chi connectivity index (χ1n) is 6.75. The van der Waals surface area contributed by atoms with Crippen LogP contribution in [0.25, 0.3) is 0 Å². The summed E-state index contributed by atoms with van der Waals surface area (Å²) in [4.78, 5) is 11.7. The number of benzene rings is 1. The molecule has 0 aliphatic carbocycles. The molecule has 7 heteroatoms. The van der Waals surface area contributed by atoms with E-state index >= 15 is 0 Å². The Balaban J connectivity index is 1.56. The number of hydrogen-bond donors (Lipinski definition) is 3. The van der Waals surface area contributed by atoms with Gasteiger partial charge in [0.05, 0.1) is 12.0 Å². The second-order valence-corrected chi connectivity index (χ2v) is 5.89. The molecule has 0 spiro atoms. The van der Waals surface area contributed by atoms with Crippen molar-refractivity contribution < 1.29 is 9.21 Å². The van der Waals surface area contributed by atoms with E-state index in [1.165, 1.54) is 0 Å². The Morgan fingerprint density at radius 3 is 2.68 bits per heavy atom. The summed E-state index contributed by atoms with van der Waals surface area (Å²) in [5.74, 6) is 2.29. The van der Waals surface area contributed by atoms with Gasteiger partial charge in [0, 0.05) is 17.9 Å². The van der Waals surface area contributed by atoms with Crippen LogP contribution in [-0.2, 0) is 10.5 Å². The van der Waals surface area contributed by atoms with Crippen molar-refractivity contribution >= 4 is 40.7 Å². The third-order valence-corrected chi connectivity index (χ3v) is 3.83. The molecule has 1 heterocycles. The van der Waals surface area contributed by atoms with Gasteiger partial charge >= 0.3 is 0 Å². The minimum Gasteiger partial charge on any atom is -0.468 e. The molecule has 0 atom stereocenters. The molecule has 0 fully saturated rings. The first kappa shape index (κ1) is 16.4. The lowest BCUT2D eigenvalue weighted by Gasteiger charge is -2.11. The van der Waals surface area contributed by atoms with Gasteiger partial charge in [-0.3, -0.25) is 15.6 Å². The van der Waals surface area contributed by atoms with Crippen LogP contribution in [-0.4, -0.2) is 16.8 Å². The first-order chi connectivity index (χ1) is 10.7. The van der Waals surface area contributed by atoms with E-state index in [1.807, 2.05) is 42.5 Å². The summed E-state index contributed by atoms with van der Waals surface area (Å²) in [6.07, 6.45) is 2.06. The van der Waals surface area contributed by atoms with Gasteiger partial charge in [0.1, 0.15) is 5.76 Å². The van der Waals surface area contributed by atoms with E-state index in [0.717, 1.165) is 17.2 Å². The number of rotatable bonds is 6. The van der Waals surface area contributed by atoms with Crippen LogP contribution in [0.2, 0.25) is 0 Å². The van der Waals surface area contributed by atoms with Gasteiger partial charge < -0.3 is 9.73 Å². The monoisotopic (exact) mass is 335 g/mol. The van der Waals surface area contributed by atoms with Crippen molar-refractivity contribution in [2.45, 2.75) is 12.2 Å². The van der Waals surface area contributed by atoms with E-state index in [9.17, 15) is 4.79 Å². The highest BCUT2D eigenvalue weighted by molar-refractivity contribution is 7.98. The van der Waals surface area contributed by atoms with E-state index in [0.29, 0.717) is 17.3 Å². The summed E-state index contributed by atoms with van der Waals surface area (Å²) in [7, 11) is 0. The van der Waals surface area contributed by atoms with Crippen molar-refractivity contribution in [1.29, 1.82) is 0 Å². The smallest absolute Gasteiger partial charge is 0.239 e. The molecule has 5 nitrogen and oxygen atoms in total. The van der Waals surface area contributed by atoms with Crippen LogP contribution in [0.15, 0.2) is 53.1 Å². The average molecular weight is 335 g/mol. The maximum Gasteiger partial charge on any atom is 0.239 e. The Hall–Kier alpha value is -1.99. The van der Waals surface area contributed by atoms with Crippen molar-refractivity contribution in [3.05, 3.63) is 54.5 Å². The fourth-order valence-corrected chi connectivity index (χ4v) is 2.61. The van der Waals surface area contributed by atoms with E-state index < -0.39 is 0 Å². The highest BCUT2D eigenvalue weighted by Gasteiger charge is 2.03. The molecule has 22 heavy (non-hydrogen) atoms. The summed E-state index contributed by atoms with van der Waals surface area (Å²) in [6, 6.07) is 13.3. The number of hydrogen-bond acceptors (Lipinski definition) is 4. The highest BCUT2D eigenvalue weighted by atomic mass is 32.2. The van der Waals surface area contributed by atoms with Gasteiger partial charge in [-0.1, -0.05) is 18.2 Å². The van der Waals surface area contributed by atoms with Crippen molar-refractivity contribution in [2.75, 3.05) is 11.1 Å². The summed E-state index contributed by atoms with van der Waals surface area (Å²) in [5, 5.41) is 3.32. The second kappa shape index (κ2) is 9.11. The molecule has 0 aliphatic heterocycles. The molecular formula is C15H17N3O2S2. The lowest BCUT2D eigenvalue weighted by Crippen LogP contribution is -2.43. The van der Waals surface area contributed by atoms with E-state index in [2.05, 4.69) is 16.2 Å². The van der Waals surface area contributed by atoms with E-state index in [4.69, 9.17) is 16.6 Å². The number of nitrogens with one attached hydrogen (secondary N) is 3. The number of anilines is 1. The lowest BCUT2D eigenvalue weighted by molar-refractivity contribution is -0.121. The molecule has 0 saturated heterocycles. The van der Waals surface area contributed by atoms with Crippen LogP contribution in [0.4, 0.5) is 5.69 Å². The molecule has 0 aliphatic rings. The number of hydrazine groups is 1. The van der Waals surface area contributed by atoms with Crippen LogP contribution in [0, 0.1) is 0 Å². The van der Waals surface area contributed by atoms with Crippen LogP contribution >= 0.6 is 24.0 Å². The molecule has 3 N–H and O–H groups in total. The molecule has 1 amide bonds. The zero-order valence-electron chi connectivity index (χ0n) is 11.9. The van der Waals surface area contributed by atoms with Crippen molar-refractivity contribution in [3.63, 3.8) is 0 Å². The van der Waals surface area contributed by atoms with Crippen LogP contribution < -0.4 is 16.2 Å². The maximum atomic E-state index is 11.7. The maximum absolute atomic E-state index is 11.7. The highest BCUT2D eigenvalue weighted by Crippen LogP contribution is 2.12. The zero-order chi connectivity index (χ0) is 15.6. The fraction of sp³-hybridized carbons (Fsp3) is 0.200. The van der Waals surface area contributed by atoms with Gasteiger partial charge in [-0.05, 0) is 36.5 Å². The molecular weight excluding hydrogens is 318 g/mol. The standard InChI is InChI=1S/C15H17N3O2S2/c19-14(8-10-22-11-13-7-4-9-20-13)17-18-15(21)16-12-5-2-1-3-6-12/h1-7,9H,8,10-11H2,(H,17,19)(H2,16,18,21). The normalized spacial score (nSPS) is 10.0. The number of thioether (sulfide) groups is 1. The molecule has 0 unspecified atom stereocenters. The number of furan rings is 1. The third-order valence-electron chi connectivity index (χ3n) is 2.64. The largest absolute Gasteiger partial charge is 0.468 e. The topological polar surface area (TPSA) is 66.3 Å². The predicted molar refractivity (Wildman–Crippen MR) is 93.4 cm³/mol. The summed E-state index contributed by atoms with van der Waals surface area (Å²) < 4.78 is 5.22. The van der Waals surface area contributed by atoms with Crippen molar-refractivity contribution in [1.82, 2.24) is 10.9 Å². The molecule has 2 rings (SSSR count). The average Bonchev–Trinajstić information content (AvgIpc) is 3.04. The molecule has 0 saturated carbocycles. The number of amides is 1. The summed E-state index contributed by atoms with van der Waals surface area (Å²) in [5.41, 5.74) is 6.11. The Morgan fingerprint density at radius 1 is 1.14 bits per heavy atom. The Labute approximate surface area is 138 Å². The first-order valence-corrected chi connectivity index (χ1v) is 8.31. The molecule has 1 aromatic heterocycles. The minimum absolute atomic E-state index is 0.107. The predicted octanol–water partition coefficient (Wildman–Crippen LogP) is 2.92. The van der Waals surface area contributed by atoms with Gasteiger partial charge in [0.25, 0.3) is 0 Å². The van der Waals surface area contributed by atoms with Gasteiger partial charge in [0.15, 0.2) is 5.11 Å². The molecule has 0 radical (unpaired) electrons. The minimum atomic E-state index is -0.107. The zero-order valence-corrected chi connectivity index (χ0v) is 13.5. The Bertz CT molecular complexity index is 588. The molecule has 2 aromatic rings. The van der Waals surface area contributed by atoms with Crippen LogP contribution in [0.5, 0.6) is 0 Å². The third kappa shape index (κ3) is 6.19. The van der Waals surface area contributed by atoms with Crippen molar-refractivity contribution in [3.8, 4) is 0 Å². The Kier molecular flexibility index (Phi) is 6.79. The summed E-state index contributed by atoms with van der Waals surface area (Å²) in [6.45, 7) is 0. The SMILES string of the molecule is O=C(CCSCc1ccco1)NNC(=S)Nc1ccccc1. The van der Waals surface area contributed by atoms with Gasteiger partial charge in [-0.2, -0.15) is 11.8 Å². The van der Waals surface area contributed by atoms with Crippen LogP contribution in [0.3, 0.4) is 0 Å². The lowest BCUT2D eigenvalue weighted by atomic mass is 10.3. The van der Waals surface area contributed by atoms with Crippen LogP contribution in [0.1, 0.15) is 12.2 Å². The number of thiocarbonyl (C=S) groups is 1. The number of carbonyl (C=O) groups is 1.